The van der Waals surface area contributed by atoms with E-state index in [1.54, 1.807) is 0 Å². The van der Waals surface area contributed by atoms with Crippen LogP contribution in [0.5, 0.6) is 0 Å². The minimum Gasteiger partial charge on any atom is -0.212 e. The maximum Gasteiger partial charge on any atom is 0.212 e. The summed E-state index contributed by atoms with van der Waals surface area (Å²) in [4.78, 5) is 0. The lowest BCUT2D eigenvalue weighted by atomic mass is 9.94. The highest BCUT2D eigenvalue weighted by Gasteiger charge is 2.25. The molecule has 0 bridgehead atoms. The minimum absolute atomic E-state index is 0.0499. The van der Waals surface area contributed by atoms with E-state index in [1.807, 2.05) is 34.6 Å². The van der Waals surface area contributed by atoms with E-state index in [0.717, 1.165) is 11.8 Å². The molecule has 0 amide bonds. The monoisotopic (exact) mass is 313 g/mol. The van der Waals surface area contributed by atoms with Crippen LogP contribution in [0.2, 0.25) is 0 Å². The topological polar surface area (TPSA) is 46.2 Å². The van der Waals surface area contributed by atoms with E-state index in [4.69, 9.17) is 0 Å². The summed E-state index contributed by atoms with van der Waals surface area (Å²) in [6, 6.07) is 0. The molecule has 0 atom stereocenters. The summed E-state index contributed by atoms with van der Waals surface area (Å²) in [5.74, 6) is 0.197. The molecule has 0 radical (unpaired) electrons. The van der Waals surface area contributed by atoms with E-state index >= 15 is 0 Å². The summed E-state index contributed by atoms with van der Waals surface area (Å²) < 4.78 is 26.4. The van der Waals surface area contributed by atoms with Crippen molar-refractivity contribution >= 4 is 26.0 Å². The van der Waals surface area contributed by atoms with Crippen LogP contribution in [0.1, 0.15) is 47.5 Å². The summed E-state index contributed by atoms with van der Waals surface area (Å²) in [5, 5.41) is 0.793. The quantitative estimate of drug-likeness (QED) is 0.766. The average molecular weight is 314 g/mol. The lowest BCUT2D eigenvalue weighted by Crippen LogP contribution is -2.45. The maximum absolute atomic E-state index is 11.8. The van der Waals surface area contributed by atoms with Crippen molar-refractivity contribution in [2.45, 2.75) is 53.0 Å². The molecule has 0 heterocycles. The van der Waals surface area contributed by atoms with Crippen LogP contribution >= 0.6 is 15.9 Å². The van der Waals surface area contributed by atoms with Crippen LogP contribution in [0, 0.1) is 5.41 Å². The highest BCUT2D eigenvalue weighted by molar-refractivity contribution is 9.09. The van der Waals surface area contributed by atoms with Gasteiger partial charge in [-0.25, -0.2) is 13.1 Å². The van der Waals surface area contributed by atoms with Crippen LogP contribution in [-0.2, 0) is 10.0 Å². The molecule has 1 N–H and O–H groups in total. The Labute approximate surface area is 109 Å². The molecule has 0 aliphatic heterocycles. The van der Waals surface area contributed by atoms with Gasteiger partial charge < -0.3 is 0 Å². The van der Waals surface area contributed by atoms with E-state index in [-0.39, 0.29) is 16.7 Å². The molecule has 0 fully saturated rings. The van der Waals surface area contributed by atoms with Crippen molar-refractivity contribution in [2.75, 3.05) is 11.1 Å². The Hall–Kier alpha value is 0.390. The van der Waals surface area contributed by atoms with Gasteiger partial charge in [-0.1, -0.05) is 36.7 Å². The van der Waals surface area contributed by atoms with Crippen LogP contribution in [-0.4, -0.2) is 25.0 Å². The molecule has 0 aromatic heterocycles. The zero-order valence-corrected chi connectivity index (χ0v) is 13.3. The number of halogens is 1. The highest BCUT2D eigenvalue weighted by atomic mass is 79.9. The predicted octanol–water partition coefficient (Wildman–Crippen LogP) is 2.91. The SMILES string of the molecule is CC(C)(C)CCS(=O)(=O)NC(C)(C)CCBr. The van der Waals surface area contributed by atoms with E-state index in [0.29, 0.717) is 6.42 Å². The van der Waals surface area contributed by atoms with E-state index in [9.17, 15) is 8.42 Å². The maximum atomic E-state index is 11.8. The fourth-order valence-corrected chi connectivity index (χ4v) is 4.12. The van der Waals surface area contributed by atoms with Crippen LogP contribution in [0.3, 0.4) is 0 Å². The molecular weight excluding hydrogens is 290 g/mol. The Balaban J connectivity index is 4.36. The van der Waals surface area contributed by atoms with Crippen molar-refractivity contribution in [1.29, 1.82) is 0 Å². The standard InChI is InChI=1S/C11H24BrNO2S/c1-10(2,3)7-9-16(14,15)13-11(4,5)6-8-12/h13H,6-9H2,1-5H3. The summed E-state index contributed by atoms with van der Waals surface area (Å²) in [6.45, 7) is 9.95. The second kappa shape index (κ2) is 5.83. The zero-order chi connectivity index (χ0) is 13.0. The first kappa shape index (κ1) is 16.4. The van der Waals surface area contributed by atoms with Crippen LogP contribution in [0.4, 0.5) is 0 Å². The molecule has 0 spiro atoms. The first-order valence-corrected chi connectivity index (χ1v) is 8.32. The Morgan fingerprint density at radius 1 is 1.06 bits per heavy atom. The number of hydrogen-bond donors (Lipinski definition) is 1. The number of nitrogens with one attached hydrogen (secondary N) is 1. The van der Waals surface area contributed by atoms with Gasteiger partial charge >= 0.3 is 0 Å². The summed E-state index contributed by atoms with van der Waals surface area (Å²) in [6.07, 6.45) is 1.45. The third-order valence-corrected chi connectivity index (χ3v) is 4.27. The summed E-state index contributed by atoms with van der Waals surface area (Å²) in [5.41, 5.74) is -0.325. The van der Waals surface area contributed by atoms with Gasteiger partial charge in [0.05, 0.1) is 5.75 Å². The van der Waals surface area contributed by atoms with Gasteiger partial charge in [-0.05, 0) is 32.1 Å². The molecule has 0 saturated carbocycles. The van der Waals surface area contributed by atoms with Gasteiger partial charge in [0.2, 0.25) is 10.0 Å². The van der Waals surface area contributed by atoms with Gasteiger partial charge in [0.15, 0.2) is 0 Å². The molecule has 0 aromatic carbocycles. The smallest absolute Gasteiger partial charge is 0.212 e. The third-order valence-electron chi connectivity index (χ3n) is 2.27. The van der Waals surface area contributed by atoms with Crippen molar-refractivity contribution in [2.24, 2.45) is 5.41 Å². The first-order valence-electron chi connectivity index (χ1n) is 5.55. The summed E-state index contributed by atoms with van der Waals surface area (Å²) >= 11 is 3.33. The van der Waals surface area contributed by atoms with Gasteiger partial charge in [-0.2, -0.15) is 0 Å². The minimum atomic E-state index is -3.17. The van der Waals surface area contributed by atoms with E-state index in [1.165, 1.54) is 0 Å². The largest absolute Gasteiger partial charge is 0.212 e. The van der Waals surface area contributed by atoms with Gasteiger partial charge in [-0.15, -0.1) is 0 Å². The Bertz CT molecular complexity index is 304. The van der Waals surface area contributed by atoms with Crippen LogP contribution in [0.25, 0.3) is 0 Å². The van der Waals surface area contributed by atoms with Gasteiger partial charge in [0.1, 0.15) is 0 Å². The Morgan fingerprint density at radius 3 is 1.94 bits per heavy atom. The number of rotatable bonds is 6. The Kier molecular flexibility index (Phi) is 5.97. The number of sulfonamides is 1. The highest BCUT2D eigenvalue weighted by Crippen LogP contribution is 2.20. The molecule has 0 aliphatic rings. The fourth-order valence-electron chi connectivity index (χ4n) is 1.20. The van der Waals surface area contributed by atoms with Crippen LogP contribution < -0.4 is 4.72 Å². The van der Waals surface area contributed by atoms with E-state index in [2.05, 4.69) is 20.7 Å². The predicted molar refractivity (Wildman–Crippen MR) is 73.5 cm³/mol. The van der Waals surface area contributed by atoms with Crippen molar-refractivity contribution in [1.82, 2.24) is 4.72 Å². The fraction of sp³-hybridized carbons (Fsp3) is 1.00. The van der Waals surface area contributed by atoms with Crippen molar-refractivity contribution < 1.29 is 8.42 Å². The molecule has 0 saturated heterocycles. The molecule has 5 heteroatoms. The lowest BCUT2D eigenvalue weighted by molar-refractivity contribution is 0.391. The van der Waals surface area contributed by atoms with Crippen molar-refractivity contribution in [3.05, 3.63) is 0 Å². The molecule has 0 aromatic rings. The molecule has 0 unspecified atom stereocenters. The average Bonchev–Trinajstić information content (AvgIpc) is 1.97. The van der Waals surface area contributed by atoms with Gasteiger partial charge in [0.25, 0.3) is 0 Å². The molecular formula is C11H24BrNO2S. The summed E-state index contributed by atoms with van der Waals surface area (Å²) in [7, 11) is -3.17. The molecule has 0 aliphatic carbocycles. The van der Waals surface area contributed by atoms with Crippen molar-refractivity contribution in [3.63, 3.8) is 0 Å². The van der Waals surface area contributed by atoms with Gasteiger partial charge in [-0.3, -0.25) is 0 Å². The van der Waals surface area contributed by atoms with E-state index < -0.39 is 10.0 Å². The normalized spacial score (nSPS) is 14.1. The lowest BCUT2D eigenvalue weighted by Gasteiger charge is -2.26. The van der Waals surface area contributed by atoms with Crippen molar-refractivity contribution in [3.8, 4) is 0 Å². The van der Waals surface area contributed by atoms with Crippen LogP contribution in [0.15, 0.2) is 0 Å². The van der Waals surface area contributed by atoms with Gasteiger partial charge in [0, 0.05) is 10.9 Å². The first-order chi connectivity index (χ1) is 6.97. The molecule has 16 heavy (non-hydrogen) atoms. The molecule has 98 valence electrons. The number of alkyl halides is 1. The second-order valence-corrected chi connectivity index (χ2v) is 8.69. The molecule has 0 rings (SSSR count). The zero-order valence-electron chi connectivity index (χ0n) is 10.9. The number of hydrogen-bond acceptors (Lipinski definition) is 2. The third kappa shape index (κ3) is 8.53. The second-order valence-electron chi connectivity index (χ2n) is 6.05. The molecule has 3 nitrogen and oxygen atoms in total. The Morgan fingerprint density at radius 2 is 1.56 bits per heavy atom.